The van der Waals surface area contributed by atoms with Crippen LogP contribution in [0.5, 0.6) is 11.5 Å². The highest BCUT2D eigenvalue weighted by Crippen LogP contribution is 2.38. The molecule has 1 atom stereocenters. The standard InChI is InChI=1S/C9H8F2O3/c1-9(12)4-13-7-5(10)2-3-6(11)8(7)14-9/h2-3,12H,4H2,1H3/t9-/m1/s1. The smallest absolute Gasteiger partial charge is 0.240 e. The first-order chi connectivity index (χ1) is 6.49. The summed E-state index contributed by atoms with van der Waals surface area (Å²) in [7, 11) is 0. The summed E-state index contributed by atoms with van der Waals surface area (Å²) in [6, 6.07) is 1.86. The predicted octanol–water partition coefficient (Wildman–Crippen LogP) is 1.44. The summed E-state index contributed by atoms with van der Waals surface area (Å²) in [5.74, 6) is -3.78. The van der Waals surface area contributed by atoms with Gasteiger partial charge >= 0.3 is 0 Å². The molecule has 0 spiro atoms. The maximum Gasteiger partial charge on any atom is 0.240 e. The van der Waals surface area contributed by atoms with E-state index in [0.717, 1.165) is 12.1 Å². The zero-order valence-electron chi connectivity index (χ0n) is 7.38. The van der Waals surface area contributed by atoms with Crippen LogP contribution in [0.3, 0.4) is 0 Å². The summed E-state index contributed by atoms with van der Waals surface area (Å²) < 4.78 is 35.9. The average molecular weight is 202 g/mol. The number of hydrogen-bond acceptors (Lipinski definition) is 3. The average Bonchev–Trinajstić information content (AvgIpc) is 2.10. The highest BCUT2D eigenvalue weighted by Gasteiger charge is 2.34. The Balaban J connectivity index is 2.51. The molecule has 76 valence electrons. The van der Waals surface area contributed by atoms with Crippen molar-refractivity contribution in [3.8, 4) is 11.5 Å². The zero-order valence-corrected chi connectivity index (χ0v) is 7.38. The van der Waals surface area contributed by atoms with Crippen LogP contribution in [-0.2, 0) is 0 Å². The Bertz CT molecular complexity index is 377. The van der Waals surface area contributed by atoms with E-state index >= 15 is 0 Å². The van der Waals surface area contributed by atoms with Gasteiger partial charge in [0.25, 0.3) is 0 Å². The molecule has 1 aromatic rings. The van der Waals surface area contributed by atoms with Gasteiger partial charge < -0.3 is 14.6 Å². The van der Waals surface area contributed by atoms with E-state index in [1.54, 1.807) is 0 Å². The lowest BCUT2D eigenvalue weighted by Crippen LogP contribution is -2.42. The van der Waals surface area contributed by atoms with Crippen LogP contribution in [0.25, 0.3) is 0 Å². The van der Waals surface area contributed by atoms with Crippen molar-refractivity contribution in [2.75, 3.05) is 6.61 Å². The lowest BCUT2D eigenvalue weighted by molar-refractivity contribution is -0.162. The first-order valence-electron chi connectivity index (χ1n) is 4.02. The lowest BCUT2D eigenvalue weighted by atomic mass is 10.2. The van der Waals surface area contributed by atoms with Crippen molar-refractivity contribution in [3.63, 3.8) is 0 Å². The molecule has 3 nitrogen and oxygen atoms in total. The van der Waals surface area contributed by atoms with E-state index in [2.05, 4.69) is 0 Å². The summed E-state index contributed by atoms with van der Waals surface area (Å²) in [5, 5.41) is 9.40. The minimum atomic E-state index is -1.62. The molecular weight excluding hydrogens is 194 g/mol. The number of halogens is 2. The van der Waals surface area contributed by atoms with Gasteiger partial charge in [-0.2, -0.15) is 0 Å². The van der Waals surface area contributed by atoms with Crippen molar-refractivity contribution < 1.29 is 23.4 Å². The van der Waals surface area contributed by atoms with E-state index in [1.807, 2.05) is 0 Å². The monoisotopic (exact) mass is 202 g/mol. The van der Waals surface area contributed by atoms with Crippen molar-refractivity contribution in [2.45, 2.75) is 12.7 Å². The third kappa shape index (κ3) is 1.39. The summed E-state index contributed by atoms with van der Waals surface area (Å²) in [6.07, 6.45) is 0. The van der Waals surface area contributed by atoms with Crippen LogP contribution in [0.1, 0.15) is 6.92 Å². The van der Waals surface area contributed by atoms with Gasteiger partial charge in [-0.05, 0) is 12.1 Å². The molecule has 1 heterocycles. The second-order valence-electron chi connectivity index (χ2n) is 3.25. The minimum absolute atomic E-state index is 0.236. The second-order valence-corrected chi connectivity index (χ2v) is 3.25. The number of hydrogen-bond donors (Lipinski definition) is 1. The van der Waals surface area contributed by atoms with E-state index in [0.29, 0.717) is 0 Å². The first-order valence-corrected chi connectivity index (χ1v) is 4.02. The fourth-order valence-electron chi connectivity index (χ4n) is 1.20. The fourth-order valence-corrected chi connectivity index (χ4v) is 1.20. The molecule has 0 saturated carbocycles. The predicted molar refractivity (Wildman–Crippen MR) is 43.1 cm³/mol. The number of ether oxygens (including phenoxy) is 2. The molecule has 14 heavy (non-hydrogen) atoms. The van der Waals surface area contributed by atoms with Crippen molar-refractivity contribution in [2.24, 2.45) is 0 Å². The number of fused-ring (bicyclic) bond motifs is 1. The second kappa shape index (κ2) is 2.81. The lowest BCUT2D eigenvalue weighted by Gasteiger charge is -2.30. The van der Waals surface area contributed by atoms with Gasteiger partial charge in [0.15, 0.2) is 18.2 Å². The van der Waals surface area contributed by atoms with Crippen molar-refractivity contribution >= 4 is 0 Å². The summed E-state index contributed by atoms with van der Waals surface area (Å²) in [4.78, 5) is 0. The Morgan fingerprint density at radius 1 is 1.29 bits per heavy atom. The summed E-state index contributed by atoms with van der Waals surface area (Å²) in [6.45, 7) is 1.07. The summed E-state index contributed by atoms with van der Waals surface area (Å²) in [5.41, 5.74) is 0. The van der Waals surface area contributed by atoms with E-state index in [-0.39, 0.29) is 18.1 Å². The highest BCUT2D eigenvalue weighted by molar-refractivity contribution is 5.43. The minimum Gasteiger partial charge on any atom is -0.480 e. The Kier molecular flexibility index (Phi) is 1.85. The number of aliphatic hydroxyl groups is 1. The van der Waals surface area contributed by atoms with Crippen LogP contribution in [0.4, 0.5) is 8.78 Å². The molecule has 2 rings (SSSR count). The molecule has 0 saturated heterocycles. The molecule has 0 aromatic heterocycles. The van der Waals surface area contributed by atoms with Crippen LogP contribution < -0.4 is 9.47 Å². The van der Waals surface area contributed by atoms with Gasteiger partial charge in [0, 0.05) is 6.92 Å². The molecule has 0 unspecified atom stereocenters. The molecule has 5 heteroatoms. The van der Waals surface area contributed by atoms with Gasteiger partial charge in [0.2, 0.25) is 17.3 Å². The maximum atomic E-state index is 13.1. The SMILES string of the molecule is C[C@]1(O)COc2c(F)ccc(F)c2O1. The van der Waals surface area contributed by atoms with Crippen molar-refractivity contribution in [1.82, 2.24) is 0 Å². The molecule has 1 aliphatic heterocycles. The fraction of sp³-hybridized carbons (Fsp3) is 0.333. The molecular formula is C9H8F2O3. The Morgan fingerprint density at radius 2 is 1.86 bits per heavy atom. The van der Waals surface area contributed by atoms with Gasteiger partial charge in [-0.3, -0.25) is 0 Å². The number of rotatable bonds is 0. The Morgan fingerprint density at radius 3 is 2.50 bits per heavy atom. The molecule has 0 amide bonds. The largest absolute Gasteiger partial charge is 0.480 e. The quantitative estimate of drug-likeness (QED) is 0.691. The van der Waals surface area contributed by atoms with Crippen LogP contribution in [0.2, 0.25) is 0 Å². The Hall–Kier alpha value is -1.36. The topological polar surface area (TPSA) is 38.7 Å². The molecule has 0 bridgehead atoms. The third-order valence-corrected chi connectivity index (χ3v) is 1.82. The van der Waals surface area contributed by atoms with Gasteiger partial charge in [-0.1, -0.05) is 0 Å². The van der Waals surface area contributed by atoms with Crippen LogP contribution >= 0.6 is 0 Å². The van der Waals surface area contributed by atoms with Gasteiger partial charge in [-0.25, -0.2) is 8.78 Å². The molecule has 1 aromatic carbocycles. The highest BCUT2D eigenvalue weighted by atomic mass is 19.1. The van der Waals surface area contributed by atoms with E-state index in [9.17, 15) is 13.9 Å². The number of benzene rings is 1. The molecule has 0 radical (unpaired) electrons. The van der Waals surface area contributed by atoms with E-state index in [4.69, 9.17) is 9.47 Å². The zero-order chi connectivity index (χ0) is 10.3. The van der Waals surface area contributed by atoms with Crippen LogP contribution in [0.15, 0.2) is 12.1 Å². The van der Waals surface area contributed by atoms with Crippen molar-refractivity contribution in [1.29, 1.82) is 0 Å². The first kappa shape index (κ1) is 9.21. The molecule has 0 fully saturated rings. The molecule has 0 aliphatic carbocycles. The van der Waals surface area contributed by atoms with Crippen molar-refractivity contribution in [3.05, 3.63) is 23.8 Å². The Labute approximate surface area is 78.9 Å². The van der Waals surface area contributed by atoms with E-state index < -0.39 is 17.4 Å². The third-order valence-electron chi connectivity index (χ3n) is 1.82. The maximum absolute atomic E-state index is 13.1. The van der Waals surface area contributed by atoms with Crippen LogP contribution in [0, 0.1) is 11.6 Å². The van der Waals surface area contributed by atoms with Gasteiger partial charge in [-0.15, -0.1) is 0 Å². The molecule has 1 aliphatic rings. The van der Waals surface area contributed by atoms with Gasteiger partial charge in [0.05, 0.1) is 0 Å². The summed E-state index contributed by atoms with van der Waals surface area (Å²) >= 11 is 0. The normalized spacial score (nSPS) is 24.9. The van der Waals surface area contributed by atoms with E-state index in [1.165, 1.54) is 6.92 Å². The van der Waals surface area contributed by atoms with Crippen LogP contribution in [-0.4, -0.2) is 17.5 Å². The van der Waals surface area contributed by atoms with Gasteiger partial charge in [0.1, 0.15) is 0 Å². The molecule has 1 N–H and O–H groups in total.